The number of amides is 2. The van der Waals surface area contributed by atoms with E-state index in [1.54, 1.807) is 0 Å². The molecular weight excluding hydrogens is 675 g/mol. The van der Waals surface area contributed by atoms with Crippen LogP contribution in [0.5, 0.6) is 0 Å². The van der Waals surface area contributed by atoms with Gasteiger partial charge in [-0.3, -0.25) is 9.59 Å². The van der Waals surface area contributed by atoms with Gasteiger partial charge < -0.3 is 10.6 Å². The number of sulfonamides is 2. The number of rotatable bonds is 8. The minimum atomic E-state index is -4.72. The maximum Gasteiger partial charge on any atom is 0.416 e. The van der Waals surface area contributed by atoms with Gasteiger partial charge in [-0.2, -0.15) is 13.2 Å². The molecule has 256 valence electrons. The smallest absolute Gasteiger partial charge is 0.322 e. The third kappa shape index (κ3) is 7.10. The van der Waals surface area contributed by atoms with Gasteiger partial charge in [0.15, 0.2) is 14.6 Å². The highest BCUT2D eigenvalue weighted by molar-refractivity contribution is 7.91. The first kappa shape index (κ1) is 36.2. The summed E-state index contributed by atoms with van der Waals surface area (Å²) < 4.78 is 100. The molecule has 2 saturated heterocycles. The lowest BCUT2D eigenvalue weighted by Crippen LogP contribution is -2.55. The van der Waals surface area contributed by atoms with Crippen LogP contribution in [0.4, 0.5) is 28.4 Å². The number of fused-ring (bicyclic) bond motifs is 1. The third-order valence-electron chi connectivity index (χ3n) is 8.30. The molecular formula is C28H37F4N5O6S3. The van der Waals surface area contributed by atoms with Crippen molar-refractivity contribution in [3.63, 3.8) is 0 Å². The minimum absolute atomic E-state index is 0.243. The predicted molar refractivity (Wildman–Crippen MR) is 166 cm³/mol. The summed E-state index contributed by atoms with van der Waals surface area (Å²) in [5.74, 6) is -2.83. The Morgan fingerprint density at radius 3 is 1.74 bits per heavy atom. The monoisotopic (exact) mass is 711 g/mol. The Balaban J connectivity index is 0.000000209. The van der Waals surface area contributed by atoms with Gasteiger partial charge in [0, 0.05) is 31.1 Å². The molecule has 2 aliphatic heterocycles. The van der Waals surface area contributed by atoms with E-state index >= 15 is 0 Å². The third-order valence-corrected chi connectivity index (χ3v) is 14.4. The Kier molecular flexibility index (Phi) is 10.3. The summed E-state index contributed by atoms with van der Waals surface area (Å²) in [5, 5.41) is 5.28. The molecule has 1 aliphatic carbocycles. The number of aromatic nitrogens is 1. The van der Waals surface area contributed by atoms with E-state index in [4.69, 9.17) is 0 Å². The summed E-state index contributed by atoms with van der Waals surface area (Å²) in [7, 11) is -7.57. The largest absolute Gasteiger partial charge is 0.416 e. The molecule has 11 nitrogen and oxygen atoms in total. The number of aryl methyl sites for hydroxylation is 2. The molecule has 2 aromatic rings. The number of hydrogen-bond acceptors (Lipinski definition) is 8. The van der Waals surface area contributed by atoms with Crippen molar-refractivity contribution in [2.24, 2.45) is 0 Å². The maximum absolute atomic E-state index is 13.8. The van der Waals surface area contributed by atoms with Crippen molar-refractivity contribution in [3.8, 4) is 0 Å². The standard InChI is InChI=1S/C14H16F4N2O3S.C14H21N3O3S2/c1-13(2,24(22,23)20-6-3-7-20)12(21)19-11-5-4-9(8-10(11)15)14(16,17)18;1-14(2,22(19,20)17-8-5-9-17)12(18)16-13-15-10-6-3-4-7-11(10)21-13/h4-5,8H,3,6-7H2,1-2H3,(H,19,21);3-9H2,1-2H3,(H,15,16,18). The first-order valence-corrected chi connectivity index (χ1v) is 18.4. The predicted octanol–water partition coefficient (Wildman–Crippen LogP) is 4.37. The van der Waals surface area contributed by atoms with E-state index in [0.29, 0.717) is 43.8 Å². The zero-order chi connectivity index (χ0) is 34.3. The van der Waals surface area contributed by atoms with Gasteiger partial charge in [0.05, 0.1) is 16.9 Å². The number of nitrogens with one attached hydrogen (secondary N) is 2. The first-order chi connectivity index (χ1) is 21.2. The van der Waals surface area contributed by atoms with E-state index in [-0.39, 0.29) is 6.07 Å². The molecule has 0 radical (unpaired) electrons. The quantitative estimate of drug-likeness (QED) is 0.387. The lowest BCUT2D eigenvalue weighted by molar-refractivity contribution is -0.137. The molecule has 0 atom stereocenters. The van der Waals surface area contributed by atoms with Crippen LogP contribution >= 0.6 is 11.3 Å². The Labute approximate surface area is 269 Å². The second-order valence-corrected chi connectivity index (χ2v) is 18.3. The Hall–Kier alpha value is -2.67. The molecule has 18 heteroatoms. The van der Waals surface area contributed by atoms with Crippen LogP contribution in [0.1, 0.15) is 69.5 Å². The number of carbonyl (C=O) groups excluding carboxylic acids is 2. The molecule has 2 fully saturated rings. The SMILES string of the molecule is CC(C)(C(=O)Nc1ccc(C(F)(F)F)cc1F)S(=O)(=O)N1CCC1.CC(C)(C(=O)Nc1nc2c(s1)CCCC2)S(=O)(=O)N1CCC1. The fraction of sp³-hybridized carbons (Fsp3) is 0.607. The zero-order valence-corrected chi connectivity index (χ0v) is 28.3. The van der Waals surface area contributed by atoms with Gasteiger partial charge in [0.2, 0.25) is 31.9 Å². The van der Waals surface area contributed by atoms with E-state index in [1.807, 2.05) is 0 Å². The van der Waals surface area contributed by atoms with Crippen LogP contribution in [-0.2, 0) is 48.7 Å². The summed E-state index contributed by atoms with van der Waals surface area (Å²) in [6, 6.07) is 1.60. The molecule has 2 amide bonds. The van der Waals surface area contributed by atoms with E-state index in [9.17, 15) is 44.0 Å². The number of hydrogen-bond donors (Lipinski definition) is 2. The molecule has 3 aliphatic rings. The minimum Gasteiger partial charge on any atom is -0.322 e. The van der Waals surface area contributed by atoms with Crippen LogP contribution in [0.2, 0.25) is 0 Å². The maximum atomic E-state index is 13.8. The Morgan fingerprint density at radius 2 is 1.30 bits per heavy atom. The van der Waals surface area contributed by atoms with Crippen LogP contribution < -0.4 is 10.6 Å². The lowest BCUT2D eigenvalue weighted by atomic mass is 10.0. The molecule has 0 saturated carbocycles. The van der Waals surface area contributed by atoms with Crippen molar-refractivity contribution >= 4 is 54.0 Å². The summed E-state index contributed by atoms with van der Waals surface area (Å²) in [6.07, 6.45) is 1.04. The Bertz CT molecular complexity index is 1680. The van der Waals surface area contributed by atoms with Crippen molar-refractivity contribution in [3.05, 3.63) is 40.2 Å². The molecule has 1 aromatic carbocycles. The van der Waals surface area contributed by atoms with Crippen LogP contribution in [-0.4, -0.2) is 77.9 Å². The van der Waals surface area contributed by atoms with Gasteiger partial charge in [-0.15, -0.1) is 11.3 Å². The van der Waals surface area contributed by atoms with Crippen molar-refractivity contribution < 1.29 is 44.0 Å². The number of nitrogens with zero attached hydrogens (tertiary/aromatic N) is 3. The fourth-order valence-corrected chi connectivity index (χ4v) is 9.04. The molecule has 46 heavy (non-hydrogen) atoms. The first-order valence-electron chi connectivity index (χ1n) is 14.7. The second kappa shape index (κ2) is 13.1. The Morgan fingerprint density at radius 1 is 0.804 bits per heavy atom. The highest BCUT2D eigenvalue weighted by atomic mass is 32.2. The molecule has 0 unspecified atom stereocenters. The van der Waals surface area contributed by atoms with Crippen molar-refractivity contribution in [1.82, 2.24) is 13.6 Å². The van der Waals surface area contributed by atoms with Gasteiger partial charge in [0.1, 0.15) is 5.82 Å². The lowest BCUT2D eigenvalue weighted by Gasteiger charge is -2.36. The van der Waals surface area contributed by atoms with Crippen LogP contribution in [0.25, 0.3) is 0 Å². The number of carbonyl (C=O) groups is 2. The topological polar surface area (TPSA) is 146 Å². The molecule has 0 spiro atoms. The van der Waals surface area contributed by atoms with Gasteiger partial charge in [0.25, 0.3) is 0 Å². The average Bonchev–Trinajstić information content (AvgIpc) is 3.29. The van der Waals surface area contributed by atoms with E-state index in [0.717, 1.165) is 62.0 Å². The number of benzene rings is 1. The number of halogens is 4. The number of anilines is 2. The highest BCUT2D eigenvalue weighted by Gasteiger charge is 2.48. The van der Waals surface area contributed by atoms with Gasteiger partial charge in [-0.05, 0) is 84.4 Å². The van der Waals surface area contributed by atoms with E-state index in [1.165, 1.54) is 34.4 Å². The van der Waals surface area contributed by atoms with Gasteiger partial charge in [-0.1, -0.05) is 0 Å². The summed E-state index contributed by atoms with van der Waals surface area (Å²) in [4.78, 5) is 30.4. The normalized spacial score (nSPS) is 17.9. The molecule has 2 N–H and O–H groups in total. The summed E-state index contributed by atoms with van der Waals surface area (Å²) in [6.45, 7) is 6.86. The van der Waals surface area contributed by atoms with Crippen molar-refractivity contribution in [2.45, 2.75) is 81.9 Å². The highest BCUT2D eigenvalue weighted by Crippen LogP contribution is 2.34. The summed E-state index contributed by atoms with van der Waals surface area (Å²) >= 11 is 1.47. The average molecular weight is 712 g/mol. The van der Waals surface area contributed by atoms with Gasteiger partial charge >= 0.3 is 6.18 Å². The van der Waals surface area contributed by atoms with E-state index in [2.05, 4.69) is 15.6 Å². The van der Waals surface area contributed by atoms with Crippen LogP contribution in [0.3, 0.4) is 0 Å². The zero-order valence-electron chi connectivity index (χ0n) is 25.8. The fourth-order valence-electron chi connectivity index (χ4n) is 4.65. The van der Waals surface area contributed by atoms with Crippen LogP contribution in [0, 0.1) is 5.82 Å². The molecule has 1 aromatic heterocycles. The van der Waals surface area contributed by atoms with Crippen LogP contribution in [0.15, 0.2) is 18.2 Å². The van der Waals surface area contributed by atoms with Crippen molar-refractivity contribution in [2.75, 3.05) is 36.8 Å². The number of thiazole rings is 1. The van der Waals surface area contributed by atoms with E-state index < -0.39 is 64.6 Å². The van der Waals surface area contributed by atoms with Gasteiger partial charge in [-0.25, -0.2) is 34.8 Å². The van der Waals surface area contributed by atoms with Crippen molar-refractivity contribution in [1.29, 1.82) is 0 Å². The molecule has 0 bridgehead atoms. The molecule has 3 heterocycles. The second-order valence-electron chi connectivity index (χ2n) is 12.2. The summed E-state index contributed by atoms with van der Waals surface area (Å²) in [5.41, 5.74) is -0.666. The molecule has 5 rings (SSSR count). The number of alkyl halides is 3.